The number of rotatable bonds is 5. The predicted molar refractivity (Wildman–Crippen MR) is 53.3 cm³/mol. The fraction of sp³-hybridized carbons (Fsp3) is 0.714. The molecule has 3 N–H and O–H groups in total. The SMILES string of the molecule is COCC(CN)Nc1nc(C(F)(F)F)ns1. The Morgan fingerprint density at radius 2 is 2.25 bits per heavy atom. The average Bonchev–Trinajstić information content (AvgIpc) is 2.65. The van der Waals surface area contributed by atoms with Gasteiger partial charge in [0, 0.05) is 25.2 Å². The second kappa shape index (κ2) is 5.41. The molecule has 0 aliphatic heterocycles. The summed E-state index contributed by atoms with van der Waals surface area (Å²) < 4.78 is 44.5. The first-order valence-electron chi connectivity index (χ1n) is 4.33. The quantitative estimate of drug-likeness (QED) is 0.820. The third-order valence-electron chi connectivity index (χ3n) is 1.66. The summed E-state index contributed by atoms with van der Waals surface area (Å²) in [4.78, 5) is 3.31. The molecule has 0 amide bonds. The maximum absolute atomic E-state index is 12.2. The van der Waals surface area contributed by atoms with Crippen LogP contribution in [0.5, 0.6) is 0 Å². The van der Waals surface area contributed by atoms with E-state index in [1.807, 2.05) is 0 Å². The molecule has 0 aliphatic rings. The molecule has 0 aliphatic carbocycles. The molecular formula is C7H11F3N4OS. The number of anilines is 1. The standard InChI is InChI=1S/C7H11F3N4OS/c1-15-3-4(2-11)12-6-13-5(14-16-6)7(8,9)10/h4H,2-3,11H2,1H3,(H,12,13,14). The largest absolute Gasteiger partial charge is 0.452 e. The van der Waals surface area contributed by atoms with Gasteiger partial charge in [-0.05, 0) is 0 Å². The van der Waals surface area contributed by atoms with E-state index in [0.717, 1.165) is 0 Å². The van der Waals surface area contributed by atoms with Gasteiger partial charge in [-0.25, -0.2) is 0 Å². The molecule has 5 nitrogen and oxygen atoms in total. The highest BCUT2D eigenvalue weighted by Crippen LogP contribution is 2.28. The highest BCUT2D eigenvalue weighted by Gasteiger charge is 2.36. The molecule has 1 unspecified atom stereocenters. The number of hydrogen-bond donors (Lipinski definition) is 2. The third kappa shape index (κ3) is 3.58. The van der Waals surface area contributed by atoms with Gasteiger partial charge in [-0.1, -0.05) is 0 Å². The fourth-order valence-corrected chi connectivity index (χ4v) is 1.61. The van der Waals surface area contributed by atoms with Crippen molar-refractivity contribution in [2.45, 2.75) is 12.2 Å². The van der Waals surface area contributed by atoms with E-state index in [0.29, 0.717) is 11.5 Å². The molecule has 1 aromatic rings. The van der Waals surface area contributed by atoms with Crippen LogP contribution in [-0.4, -0.2) is 35.7 Å². The van der Waals surface area contributed by atoms with Gasteiger partial charge in [0.15, 0.2) is 0 Å². The van der Waals surface area contributed by atoms with Crippen molar-refractivity contribution in [3.8, 4) is 0 Å². The van der Waals surface area contributed by atoms with Crippen molar-refractivity contribution in [1.82, 2.24) is 9.36 Å². The number of nitrogens with two attached hydrogens (primary N) is 1. The Hall–Kier alpha value is -0.930. The van der Waals surface area contributed by atoms with Crippen LogP contribution < -0.4 is 11.1 Å². The minimum atomic E-state index is -4.52. The van der Waals surface area contributed by atoms with Crippen LogP contribution in [0.3, 0.4) is 0 Å². The summed E-state index contributed by atoms with van der Waals surface area (Å²) in [7, 11) is 1.48. The van der Waals surface area contributed by atoms with Crippen LogP contribution in [0.1, 0.15) is 5.82 Å². The lowest BCUT2D eigenvalue weighted by Crippen LogP contribution is -2.33. The number of nitrogens with one attached hydrogen (secondary N) is 1. The minimum Gasteiger partial charge on any atom is -0.383 e. The lowest BCUT2D eigenvalue weighted by atomic mass is 10.3. The number of halogens is 3. The van der Waals surface area contributed by atoms with Crippen LogP contribution in [0, 0.1) is 0 Å². The topological polar surface area (TPSA) is 73.1 Å². The zero-order valence-electron chi connectivity index (χ0n) is 8.41. The maximum atomic E-state index is 12.2. The Balaban J connectivity index is 2.64. The number of aromatic nitrogens is 2. The molecule has 1 heterocycles. The Morgan fingerprint density at radius 1 is 1.56 bits per heavy atom. The van der Waals surface area contributed by atoms with Gasteiger partial charge in [0.25, 0.3) is 0 Å². The van der Waals surface area contributed by atoms with E-state index >= 15 is 0 Å². The van der Waals surface area contributed by atoms with Crippen molar-refractivity contribution in [1.29, 1.82) is 0 Å². The summed E-state index contributed by atoms with van der Waals surface area (Å²) in [6, 6.07) is -0.279. The molecule has 0 radical (unpaired) electrons. The van der Waals surface area contributed by atoms with Crippen molar-refractivity contribution < 1.29 is 17.9 Å². The molecule has 9 heteroatoms. The smallest absolute Gasteiger partial charge is 0.383 e. The first-order chi connectivity index (χ1) is 7.47. The molecule has 0 fully saturated rings. The van der Waals surface area contributed by atoms with E-state index in [4.69, 9.17) is 10.5 Å². The van der Waals surface area contributed by atoms with Gasteiger partial charge in [-0.3, -0.25) is 0 Å². The first kappa shape index (κ1) is 13.1. The number of methoxy groups -OCH3 is 1. The summed E-state index contributed by atoms with van der Waals surface area (Å²) in [6.07, 6.45) is -4.52. The van der Waals surface area contributed by atoms with Crippen molar-refractivity contribution >= 4 is 16.7 Å². The zero-order valence-corrected chi connectivity index (χ0v) is 9.23. The van der Waals surface area contributed by atoms with Gasteiger partial charge in [0.2, 0.25) is 11.0 Å². The van der Waals surface area contributed by atoms with Gasteiger partial charge in [-0.15, -0.1) is 0 Å². The van der Waals surface area contributed by atoms with Crippen molar-refractivity contribution in [3.63, 3.8) is 0 Å². The van der Waals surface area contributed by atoms with Crippen molar-refractivity contribution in [2.75, 3.05) is 25.6 Å². The fourth-order valence-electron chi connectivity index (χ4n) is 0.942. The molecule has 0 aromatic carbocycles. The van der Waals surface area contributed by atoms with Gasteiger partial charge < -0.3 is 15.8 Å². The van der Waals surface area contributed by atoms with E-state index in [9.17, 15) is 13.2 Å². The molecule has 0 bridgehead atoms. The van der Waals surface area contributed by atoms with E-state index in [1.54, 1.807) is 0 Å². The average molecular weight is 256 g/mol. The minimum absolute atomic E-state index is 0.0832. The monoisotopic (exact) mass is 256 g/mol. The van der Waals surface area contributed by atoms with Crippen LogP contribution in [0.4, 0.5) is 18.3 Å². The second-order valence-electron chi connectivity index (χ2n) is 2.95. The highest BCUT2D eigenvalue weighted by atomic mass is 32.1. The number of alkyl halides is 3. The van der Waals surface area contributed by atoms with Gasteiger partial charge in [0.05, 0.1) is 12.6 Å². The molecule has 0 spiro atoms. The number of ether oxygens (including phenoxy) is 1. The molecule has 0 saturated heterocycles. The van der Waals surface area contributed by atoms with Crippen LogP contribution in [0.2, 0.25) is 0 Å². The third-order valence-corrected chi connectivity index (χ3v) is 2.31. The summed E-state index contributed by atoms with van der Waals surface area (Å²) in [5.41, 5.74) is 5.39. The predicted octanol–water partition coefficient (Wildman–Crippen LogP) is 0.943. The summed E-state index contributed by atoms with van der Waals surface area (Å²) >= 11 is 0.643. The molecule has 1 atom stereocenters. The molecule has 16 heavy (non-hydrogen) atoms. The Kier molecular flexibility index (Phi) is 4.44. The summed E-state index contributed by atoms with van der Waals surface area (Å²) in [6.45, 7) is 0.520. The highest BCUT2D eigenvalue weighted by molar-refractivity contribution is 7.09. The van der Waals surface area contributed by atoms with Gasteiger partial charge in [-0.2, -0.15) is 22.5 Å². The molecule has 1 aromatic heterocycles. The number of hydrogen-bond acceptors (Lipinski definition) is 6. The Labute approximate surface area is 94.0 Å². The van der Waals surface area contributed by atoms with Crippen molar-refractivity contribution in [2.24, 2.45) is 5.73 Å². The van der Waals surface area contributed by atoms with E-state index in [1.165, 1.54) is 7.11 Å². The zero-order chi connectivity index (χ0) is 12.2. The molecule has 92 valence electrons. The summed E-state index contributed by atoms with van der Waals surface area (Å²) in [5.74, 6) is -1.15. The van der Waals surface area contributed by atoms with Crippen molar-refractivity contribution in [3.05, 3.63) is 5.82 Å². The van der Waals surface area contributed by atoms with Crippen LogP contribution >= 0.6 is 11.5 Å². The van der Waals surface area contributed by atoms with E-state index < -0.39 is 12.0 Å². The second-order valence-corrected chi connectivity index (χ2v) is 3.71. The molecular weight excluding hydrogens is 245 g/mol. The molecule has 0 saturated carbocycles. The van der Waals surface area contributed by atoms with Crippen LogP contribution in [-0.2, 0) is 10.9 Å². The first-order valence-corrected chi connectivity index (χ1v) is 5.11. The van der Waals surface area contributed by atoms with Crippen LogP contribution in [0.25, 0.3) is 0 Å². The summed E-state index contributed by atoms with van der Waals surface area (Å²) in [5, 5.41) is 2.80. The van der Waals surface area contributed by atoms with E-state index in [2.05, 4.69) is 14.7 Å². The van der Waals surface area contributed by atoms with Gasteiger partial charge in [0.1, 0.15) is 0 Å². The maximum Gasteiger partial charge on any atom is 0.452 e. The Morgan fingerprint density at radius 3 is 2.69 bits per heavy atom. The van der Waals surface area contributed by atoms with Crippen LogP contribution in [0.15, 0.2) is 0 Å². The lowest BCUT2D eigenvalue weighted by Gasteiger charge is -2.13. The van der Waals surface area contributed by atoms with Gasteiger partial charge >= 0.3 is 6.18 Å². The number of nitrogens with zero attached hydrogens (tertiary/aromatic N) is 2. The Bertz CT molecular complexity index is 330. The van der Waals surface area contributed by atoms with E-state index in [-0.39, 0.29) is 24.3 Å². The molecule has 1 rings (SSSR count). The lowest BCUT2D eigenvalue weighted by molar-refractivity contribution is -0.144. The normalized spacial score (nSPS) is 13.8.